The van der Waals surface area contributed by atoms with Crippen molar-refractivity contribution in [3.63, 3.8) is 0 Å². The molecule has 3 nitrogen and oxygen atoms in total. The molecule has 0 fully saturated rings. The van der Waals surface area contributed by atoms with Crippen LogP contribution in [0.4, 0.5) is 0 Å². The van der Waals surface area contributed by atoms with E-state index >= 15 is 0 Å². The Morgan fingerprint density at radius 3 is 2.33 bits per heavy atom. The normalized spacial score (nSPS) is 13.7. The van der Waals surface area contributed by atoms with Gasteiger partial charge in [0.15, 0.2) is 0 Å². The average Bonchev–Trinajstić information content (AvgIpc) is 2.13. The zero-order chi connectivity index (χ0) is 12.1. The summed E-state index contributed by atoms with van der Waals surface area (Å²) in [6.45, 7) is 11.3. The molecule has 1 N–H and O–H groups in total. The molecule has 0 heterocycles. The van der Waals surface area contributed by atoms with E-state index in [1.165, 1.54) is 0 Å². The number of carbonyl (C=O) groups is 1. The van der Waals surface area contributed by atoms with E-state index in [-0.39, 0.29) is 11.4 Å². The predicted octanol–water partition coefficient (Wildman–Crippen LogP) is 2.02. The van der Waals surface area contributed by atoms with Gasteiger partial charge in [-0.25, -0.2) is 0 Å². The van der Waals surface area contributed by atoms with Gasteiger partial charge in [-0.3, -0.25) is 4.79 Å². The van der Waals surface area contributed by atoms with Crippen LogP contribution in [0.3, 0.4) is 0 Å². The first-order chi connectivity index (χ1) is 6.78. The SMILES string of the molecule is CCC(C)N(C)C(=O)CCNC(C)(C)C. The quantitative estimate of drug-likeness (QED) is 0.759. The van der Waals surface area contributed by atoms with Gasteiger partial charge >= 0.3 is 0 Å². The molecule has 0 aromatic heterocycles. The largest absolute Gasteiger partial charge is 0.343 e. The summed E-state index contributed by atoms with van der Waals surface area (Å²) in [5.41, 5.74) is 0.0925. The van der Waals surface area contributed by atoms with Crippen molar-refractivity contribution >= 4 is 5.91 Å². The van der Waals surface area contributed by atoms with Crippen molar-refractivity contribution in [3.8, 4) is 0 Å². The topological polar surface area (TPSA) is 32.3 Å². The number of hydrogen-bond acceptors (Lipinski definition) is 2. The van der Waals surface area contributed by atoms with E-state index < -0.39 is 0 Å². The summed E-state index contributed by atoms with van der Waals surface area (Å²) in [5.74, 6) is 0.223. The van der Waals surface area contributed by atoms with E-state index in [1.807, 2.05) is 11.9 Å². The highest BCUT2D eigenvalue weighted by molar-refractivity contribution is 5.76. The van der Waals surface area contributed by atoms with Gasteiger partial charge in [0, 0.05) is 31.6 Å². The fourth-order valence-electron chi connectivity index (χ4n) is 1.24. The molecule has 0 radical (unpaired) electrons. The number of rotatable bonds is 5. The Kier molecular flexibility index (Phi) is 5.88. The smallest absolute Gasteiger partial charge is 0.223 e. The molecule has 3 heteroatoms. The van der Waals surface area contributed by atoms with Crippen molar-refractivity contribution in [2.24, 2.45) is 0 Å². The molecule has 0 rings (SSSR count). The number of amides is 1. The van der Waals surface area contributed by atoms with Crippen LogP contribution in [0, 0.1) is 0 Å². The molecule has 1 amide bonds. The van der Waals surface area contributed by atoms with Crippen LogP contribution in [0.25, 0.3) is 0 Å². The molecular weight excluding hydrogens is 188 g/mol. The number of nitrogens with one attached hydrogen (secondary N) is 1. The van der Waals surface area contributed by atoms with Crippen LogP contribution >= 0.6 is 0 Å². The predicted molar refractivity (Wildman–Crippen MR) is 64.9 cm³/mol. The molecule has 90 valence electrons. The molecule has 15 heavy (non-hydrogen) atoms. The monoisotopic (exact) mass is 214 g/mol. The Morgan fingerprint density at radius 1 is 1.40 bits per heavy atom. The molecule has 0 saturated carbocycles. The number of hydrogen-bond donors (Lipinski definition) is 1. The van der Waals surface area contributed by atoms with E-state index in [0.717, 1.165) is 13.0 Å². The summed E-state index contributed by atoms with van der Waals surface area (Å²) < 4.78 is 0. The summed E-state index contributed by atoms with van der Waals surface area (Å²) in [6, 6.07) is 0.340. The third kappa shape index (κ3) is 6.50. The minimum atomic E-state index is 0.0925. The first kappa shape index (κ1) is 14.4. The lowest BCUT2D eigenvalue weighted by molar-refractivity contribution is -0.131. The lowest BCUT2D eigenvalue weighted by Gasteiger charge is -2.25. The van der Waals surface area contributed by atoms with Gasteiger partial charge in [0.05, 0.1) is 0 Å². The van der Waals surface area contributed by atoms with Crippen LogP contribution in [-0.4, -0.2) is 36.0 Å². The first-order valence-corrected chi connectivity index (χ1v) is 5.78. The summed E-state index contributed by atoms with van der Waals surface area (Å²) >= 11 is 0. The summed E-state index contributed by atoms with van der Waals surface area (Å²) in [7, 11) is 1.88. The Bertz CT molecular complexity index is 196. The third-order valence-corrected chi connectivity index (χ3v) is 2.64. The van der Waals surface area contributed by atoms with Gasteiger partial charge in [-0.05, 0) is 34.1 Å². The van der Waals surface area contributed by atoms with E-state index in [0.29, 0.717) is 12.5 Å². The van der Waals surface area contributed by atoms with Crippen molar-refractivity contribution in [2.75, 3.05) is 13.6 Å². The Balaban J connectivity index is 3.84. The van der Waals surface area contributed by atoms with E-state index in [4.69, 9.17) is 0 Å². The Labute approximate surface area is 94.2 Å². The zero-order valence-electron chi connectivity index (χ0n) is 11.1. The lowest BCUT2D eigenvalue weighted by atomic mass is 10.1. The van der Waals surface area contributed by atoms with E-state index in [2.05, 4.69) is 39.9 Å². The van der Waals surface area contributed by atoms with Crippen molar-refractivity contribution in [3.05, 3.63) is 0 Å². The van der Waals surface area contributed by atoms with Crippen LogP contribution in [0.1, 0.15) is 47.5 Å². The van der Waals surface area contributed by atoms with Crippen molar-refractivity contribution in [1.29, 1.82) is 0 Å². The minimum absolute atomic E-state index is 0.0925. The maximum atomic E-state index is 11.7. The second kappa shape index (κ2) is 6.11. The van der Waals surface area contributed by atoms with Gasteiger partial charge in [0.2, 0.25) is 5.91 Å². The lowest BCUT2D eigenvalue weighted by Crippen LogP contribution is -2.40. The van der Waals surface area contributed by atoms with E-state index in [9.17, 15) is 4.79 Å². The van der Waals surface area contributed by atoms with Crippen molar-refractivity contribution < 1.29 is 4.79 Å². The van der Waals surface area contributed by atoms with Crippen molar-refractivity contribution in [2.45, 2.75) is 59.0 Å². The average molecular weight is 214 g/mol. The Hall–Kier alpha value is -0.570. The second-order valence-corrected chi connectivity index (χ2v) is 5.19. The third-order valence-electron chi connectivity index (χ3n) is 2.64. The second-order valence-electron chi connectivity index (χ2n) is 5.19. The maximum absolute atomic E-state index is 11.7. The molecule has 0 bridgehead atoms. The molecule has 0 aliphatic carbocycles. The summed E-state index contributed by atoms with van der Waals surface area (Å²) in [5, 5.41) is 3.32. The van der Waals surface area contributed by atoms with Gasteiger partial charge in [0.25, 0.3) is 0 Å². The van der Waals surface area contributed by atoms with Crippen LogP contribution in [0.15, 0.2) is 0 Å². The number of carbonyl (C=O) groups excluding carboxylic acids is 1. The molecule has 0 aliphatic heterocycles. The fraction of sp³-hybridized carbons (Fsp3) is 0.917. The molecule has 0 saturated heterocycles. The zero-order valence-corrected chi connectivity index (χ0v) is 11.1. The van der Waals surface area contributed by atoms with Gasteiger partial charge in [0.1, 0.15) is 0 Å². The standard InChI is InChI=1S/C12H26N2O/c1-7-10(2)14(6)11(15)8-9-13-12(3,4)5/h10,13H,7-9H2,1-6H3. The summed E-state index contributed by atoms with van der Waals surface area (Å²) in [4.78, 5) is 13.6. The van der Waals surface area contributed by atoms with Gasteiger partial charge in [-0.2, -0.15) is 0 Å². The van der Waals surface area contributed by atoms with Gasteiger partial charge in [-0.15, -0.1) is 0 Å². The van der Waals surface area contributed by atoms with Gasteiger partial charge < -0.3 is 10.2 Å². The number of nitrogens with zero attached hydrogens (tertiary/aromatic N) is 1. The van der Waals surface area contributed by atoms with Gasteiger partial charge in [-0.1, -0.05) is 6.92 Å². The molecule has 0 aromatic carbocycles. The summed E-state index contributed by atoms with van der Waals surface area (Å²) in [6.07, 6.45) is 1.59. The highest BCUT2D eigenvalue weighted by Crippen LogP contribution is 2.03. The molecule has 0 spiro atoms. The first-order valence-electron chi connectivity index (χ1n) is 5.78. The van der Waals surface area contributed by atoms with E-state index in [1.54, 1.807) is 0 Å². The van der Waals surface area contributed by atoms with Crippen LogP contribution in [0.2, 0.25) is 0 Å². The maximum Gasteiger partial charge on any atom is 0.223 e. The molecule has 0 aliphatic rings. The molecule has 0 aromatic rings. The minimum Gasteiger partial charge on any atom is -0.343 e. The van der Waals surface area contributed by atoms with Crippen LogP contribution in [0.5, 0.6) is 0 Å². The molecule has 1 unspecified atom stereocenters. The highest BCUT2D eigenvalue weighted by Gasteiger charge is 2.15. The fourth-order valence-corrected chi connectivity index (χ4v) is 1.24. The highest BCUT2D eigenvalue weighted by atomic mass is 16.2. The molecule has 1 atom stereocenters. The van der Waals surface area contributed by atoms with Crippen molar-refractivity contribution in [1.82, 2.24) is 10.2 Å². The Morgan fingerprint density at radius 2 is 1.93 bits per heavy atom. The van der Waals surface area contributed by atoms with Crippen LogP contribution < -0.4 is 5.32 Å². The van der Waals surface area contributed by atoms with Crippen LogP contribution in [-0.2, 0) is 4.79 Å². The molecular formula is C12H26N2O.